The molecule has 117 heavy (non-hydrogen) atoms. The van der Waals surface area contributed by atoms with Gasteiger partial charge in [0.15, 0.2) is 5.78 Å². The standard InChI is InChI=1S/C49H73FN6O8.C30H42FN5O2.C6H12O2.C4H10N2O/c1-29(53(9)46(61)63-48(3,4)5)40(57)26-35(31-17-13-11-14-18-31)44(59)56-28-37(36-27-51-38-25-33(50)21-22-34(36)38)42-39(56)23-24-55(42)45(60)41(32-19-15-12-16-20-32)52-43(58)30(2)54(10)47(62)64-49(6,7)8;31-20-11-12-21-22(16-34-24(21)15-20)23-17-36(30(38)27(33)19-9-5-2-6-10-19)25-13-14-35(28(23)25)29(37)26(32)18-7-3-1-4-8-18;1-5(7)8-6(2,3)4;1-3(6-2)4(5)7/h21-22,25,27,29-32,35,37,39,41-42,51H,11-20,23-24,26,28H2,1-10H3,(H,52,58);11-12,15-16,18-19,23,25-28,34H,1-10,13-14,17,32-33H2;1-4H3;3,6H,1-2H3,(H2,5,7)/t29-,30-,35-,37+,39+,41-,42+;23-,25-,26+,27+,28-;;/m01../s1. The number of H-pyrrole nitrogens is 2. The number of primary amides is 1. The van der Waals surface area contributed by atoms with Gasteiger partial charge in [-0.2, -0.15) is 0 Å². The van der Waals surface area contributed by atoms with Gasteiger partial charge in [0.25, 0.3) is 0 Å². The Bertz CT molecular complexity index is 3970. The zero-order chi connectivity index (χ0) is 85.9. The molecule has 650 valence electrons. The SMILES string of the molecule is CC(=O)OC(C)(C)C.CNC(C)C(N)=O.C[C@@H](C(=O)C[C@H](C(=O)N1C[C@H](c2c[nH]c3cc(F)ccc23)[C@@H]2[C@H]1CCN2C(=O)[C@@H](NC(=O)[C@H](C)N(C)C(=O)OC(C)(C)C)C1CCCCC1)C1CCCCC1)N(C)C(=O)OC(C)(C)C.N[C@H](C(=O)N1CC[C@@H]2[C@H]1[C@@H](c1c[nH]c3cc(F)ccc13)CN2C(=O)[C@@H](N)C1CCCCC1)C1CCCCC1. The number of fused-ring (bicyclic) bond motifs is 4. The predicted octanol–water partition coefficient (Wildman–Crippen LogP) is 12.4. The highest BCUT2D eigenvalue weighted by atomic mass is 19.1. The van der Waals surface area contributed by atoms with Gasteiger partial charge in [-0.25, -0.2) is 18.4 Å². The molecule has 4 aliphatic heterocycles. The minimum atomic E-state index is -0.926. The number of carbonyl (C=O) groups is 10. The molecule has 8 aliphatic rings. The van der Waals surface area contributed by atoms with Crippen LogP contribution in [0.2, 0.25) is 0 Å². The van der Waals surface area contributed by atoms with E-state index in [4.69, 9.17) is 31.4 Å². The number of Topliss-reactive ketones (excluding diaryl/α,β-unsaturated/α-hetero) is 1. The van der Waals surface area contributed by atoms with Crippen molar-refractivity contribution in [1.82, 2.24) is 50.0 Å². The minimum absolute atomic E-state index is 0.0196. The van der Waals surface area contributed by atoms with Crippen molar-refractivity contribution in [3.8, 4) is 0 Å². The second-order valence-corrected chi connectivity index (χ2v) is 37.4. The van der Waals surface area contributed by atoms with Crippen LogP contribution in [-0.4, -0.2) is 223 Å². The molecule has 8 amide bonds. The van der Waals surface area contributed by atoms with Crippen LogP contribution >= 0.6 is 0 Å². The highest BCUT2D eigenvalue weighted by Crippen LogP contribution is 2.48. The summed E-state index contributed by atoms with van der Waals surface area (Å²) in [5.41, 5.74) is 19.5. The van der Waals surface area contributed by atoms with Crippen LogP contribution in [0.3, 0.4) is 0 Å². The van der Waals surface area contributed by atoms with Crippen LogP contribution in [0.15, 0.2) is 48.8 Å². The Hall–Kier alpha value is -8.24. The second kappa shape index (κ2) is 40.2. The lowest BCUT2D eigenvalue weighted by atomic mass is 9.76. The molecule has 0 radical (unpaired) electrons. The molecule has 12 rings (SSSR count). The van der Waals surface area contributed by atoms with Gasteiger partial charge in [0.1, 0.15) is 40.5 Å². The highest BCUT2D eigenvalue weighted by Gasteiger charge is 2.57. The summed E-state index contributed by atoms with van der Waals surface area (Å²) in [7, 11) is 4.75. The molecule has 4 aliphatic carbocycles. The molecule has 2 aromatic carbocycles. The molecule has 10 N–H and O–H groups in total. The molecule has 4 saturated carbocycles. The first-order valence-corrected chi connectivity index (χ1v) is 43.3. The summed E-state index contributed by atoms with van der Waals surface area (Å²) in [6.45, 7) is 24.3. The predicted molar refractivity (Wildman–Crippen MR) is 447 cm³/mol. The summed E-state index contributed by atoms with van der Waals surface area (Å²) in [4.78, 5) is 150. The maximum atomic E-state index is 15.4. The number of esters is 1. The quantitative estimate of drug-likeness (QED) is 0.0339. The van der Waals surface area contributed by atoms with Crippen LogP contribution in [0.25, 0.3) is 21.8 Å². The number of benzene rings is 2. The van der Waals surface area contributed by atoms with Gasteiger partial charge in [0.2, 0.25) is 35.4 Å². The lowest BCUT2D eigenvalue weighted by molar-refractivity contribution is -0.152. The van der Waals surface area contributed by atoms with Gasteiger partial charge < -0.3 is 76.5 Å². The lowest BCUT2D eigenvalue weighted by Gasteiger charge is -2.37. The Morgan fingerprint density at radius 3 is 1.26 bits per heavy atom. The number of rotatable bonds is 19. The molecular formula is C89H137F2N13O13. The maximum absolute atomic E-state index is 15.4. The number of aromatic nitrogens is 2. The Labute approximate surface area is 691 Å². The summed E-state index contributed by atoms with van der Waals surface area (Å²) in [5, 5.41) is 7.53. The van der Waals surface area contributed by atoms with Gasteiger partial charge in [-0.3, -0.25) is 43.3 Å². The normalized spacial score (nSPS) is 23.4. The highest BCUT2D eigenvalue weighted by molar-refractivity contribution is 5.95. The van der Waals surface area contributed by atoms with Crippen LogP contribution in [0.5, 0.6) is 0 Å². The largest absolute Gasteiger partial charge is 0.460 e. The minimum Gasteiger partial charge on any atom is -0.460 e. The molecule has 26 nitrogen and oxygen atoms in total. The van der Waals surface area contributed by atoms with Crippen molar-refractivity contribution in [2.45, 2.75) is 327 Å². The number of hydrogen-bond acceptors (Lipinski definition) is 16. The molecule has 13 atom stereocenters. The van der Waals surface area contributed by atoms with Crippen LogP contribution in [0.4, 0.5) is 18.4 Å². The second-order valence-electron chi connectivity index (χ2n) is 37.4. The lowest BCUT2D eigenvalue weighted by Crippen LogP contribution is -2.58. The first-order chi connectivity index (χ1) is 55.1. The summed E-state index contributed by atoms with van der Waals surface area (Å²) < 4.78 is 44.4. The third-order valence-corrected chi connectivity index (χ3v) is 25.7. The maximum Gasteiger partial charge on any atom is 0.410 e. The van der Waals surface area contributed by atoms with Gasteiger partial charge in [-0.1, -0.05) is 77.0 Å². The van der Waals surface area contributed by atoms with Crippen LogP contribution in [0, 0.1) is 41.2 Å². The number of hydrogen-bond donors (Lipinski definition) is 7. The zero-order valence-corrected chi connectivity index (χ0v) is 72.5. The van der Waals surface area contributed by atoms with E-state index in [1.807, 2.05) is 52.8 Å². The summed E-state index contributed by atoms with van der Waals surface area (Å²) in [6.07, 6.45) is 23.7. The van der Waals surface area contributed by atoms with E-state index in [0.29, 0.717) is 31.6 Å². The number of halogens is 2. The first kappa shape index (κ1) is 92.6. The van der Waals surface area contributed by atoms with Crippen LogP contribution in [-0.2, 0) is 52.6 Å². The molecular weight excluding hydrogens is 1500 g/mol. The van der Waals surface area contributed by atoms with Crippen molar-refractivity contribution in [3.05, 3.63) is 71.6 Å². The summed E-state index contributed by atoms with van der Waals surface area (Å²) in [5.74, 6) is -2.96. The molecule has 0 spiro atoms. The third-order valence-electron chi connectivity index (χ3n) is 25.7. The summed E-state index contributed by atoms with van der Waals surface area (Å²) >= 11 is 0. The molecule has 28 heteroatoms. The number of nitrogens with zero attached hydrogens (tertiary/aromatic N) is 6. The monoisotopic (exact) mass is 1630 g/mol. The summed E-state index contributed by atoms with van der Waals surface area (Å²) in [6, 6.07) is 4.49. The average molecular weight is 1640 g/mol. The van der Waals surface area contributed by atoms with E-state index in [1.54, 1.807) is 88.5 Å². The van der Waals surface area contributed by atoms with Crippen molar-refractivity contribution in [2.24, 2.45) is 46.8 Å². The van der Waals surface area contributed by atoms with Gasteiger partial charge >= 0.3 is 18.2 Å². The van der Waals surface area contributed by atoms with Gasteiger partial charge in [-0.05, 0) is 226 Å². The number of ketones is 1. The Kier molecular flexibility index (Phi) is 31.8. The third kappa shape index (κ3) is 23.4. The van der Waals surface area contributed by atoms with E-state index in [2.05, 4.69) is 20.6 Å². The number of likely N-dealkylation sites (tertiary alicyclic amines) is 4. The number of nitrogens with two attached hydrogens (primary N) is 3. The molecule has 4 aromatic rings. The zero-order valence-electron chi connectivity index (χ0n) is 72.5. The van der Waals surface area contributed by atoms with Crippen molar-refractivity contribution in [1.29, 1.82) is 0 Å². The van der Waals surface area contributed by atoms with Gasteiger partial charge in [0, 0.05) is 106 Å². The Morgan fingerprint density at radius 2 is 0.889 bits per heavy atom. The van der Waals surface area contributed by atoms with Crippen LogP contribution in [0.1, 0.15) is 261 Å². The molecule has 6 heterocycles. The number of likely N-dealkylation sites (N-methyl/N-ethyl adjacent to an activating group) is 3. The van der Waals surface area contributed by atoms with E-state index in [0.717, 1.165) is 149 Å². The van der Waals surface area contributed by atoms with Crippen molar-refractivity contribution < 1.29 is 70.9 Å². The van der Waals surface area contributed by atoms with Crippen molar-refractivity contribution in [3.63, 3.8) is 0 Å². The Morgan fingerprint density at radius 1 is 0.513 bits per heavy atom. The Balaban J connectivity index is 0.000000246. The molecule has 4 saturated heterocycles. The number of carbonyl (C=O) groups excluding carboxylic acids is 10. The molecule has 0 bridgehead atoms. The fraction of sp³-hybridized carbons (Fsp3) is 0.708. The van der Waals surface area contributed by atoms with Crippen molar-refractivity contribution >= 4 is 81.2 Å². The van der Waals surface area contributed by atoms with Gasteiger partial charge in [0.05, 0.1) is 48.3 Å². The molecule has 2 aromatic heterocycles. The average Bonchev–Trinajstić information content (AvgIpc) is 1.58. The van der Waals surface area contributed by atoms with E-state index >= 15 is 9.59 Å². The number of aromatic amines is 2. The van der Waals surface area contributed by atoms with E-state index in [9.17, 15) is 47.1 Å². The number of ether oxygens (including phenoxy) is 3. The topological polar surface area (TPSA) is 352 Å². The van der Waals surface area contributed by atoms with Crippen molar-refractivity contribution in [2.75, 3.05) is 47.3 Å². The fourth-order valence-electron chi connectivity index (χ4n) is 19.2. The fourth-order valence-corrected chi connectivity index (χ4v) is 19.2. The van der Waals surface area contributed by atoms with E-state index < -0.39 is 71.5 Å². The van der Waals surface area contributed by atoms with Crippen LogP contribution < -0.4 is 27.8 Å². The van der Waals surface area contributed by atoms with Gasteiger partial charge in [-0.15, -0.1) is 0 Å². The number of nitrogens with one attached hydrogen (secondary N) is 4. The number of amides is 8. The first-order valence-electron chi connectivity index (χ1n) is 43.3. The molecule has 8 fully saturated rings. The van der Waals surface area contributed by atoms with E-state index in [-0.39, 0.29) is 131 Å². The van der Waals surface area contributed by atoms with E-state index in [1.165, 1.54) is 60.9 Å². The smallest absolute Gasteiger partial charge is 0.410 e. The molecule has 1 unspecified atom stereocenters.